The van der Waals surface area contributed by atoms with Crippen LogP contribution in [0, 0.1) is 0 Å². The van der Waals surface area contributed by atoms with Crippen LogP contribution in [-0.4, -0.2) is 29.1 Å². The van der Waals surface area contributed by atoms with Crippen molar-refractivity contribution in [2.24, 2.45) is 0 Å². The van der Waals surface area contributed by atoms with Gasteiger partial charge < -0.3 is 4.90 Å². The van der Waals surface area contributed by atoms with E-state index in [1.165, 1.54) is 0 Å². The predicted molar refractivity (Wildman–Crippen MR) is 84.2 cm³/mol. The molecule has 0 saturated heterocycles. The minimum absolute atomic E-state index is 0.0263. The van der Waals surface area contributed by atoms with E-state index in [0.29, 0.717) is 17.6 Å². The van der Waals surface area contributed by atoms with Crippen molar-refractivity contribution in [2.75, 3.05) is 6.54 Å². The number of carbonyl (C=O) groups excluding carboxylic acids is 2. The number of allylic oxidation sites excluding steroid dienone is 2. The number of benzene rings is 1. The highest BCUT2D eigenvalue weighted by Crippen LogP contribution is 2.27. The van der Waals surface area contributed by atoms with Crippen LogP contribution in [0.2, 0.25) is 0 Å². The maximum Gasteiger partial charge on any atom is 0.198 e. The van der Waals surface area contributed by atoms with Crippen LogP contribution >= 0.6 is 0 Å². The van der Waals surface area contributed by atoms with Crippen molar-refractivity contribution in [1.82, 2.24) is 4.90 Å². The van der Waals surface area contributed by atoms with E-state index < -0.39 is 0 Å². The smallest absolute Gasteiger partial charge is 0.198 e. The average Bonchev–Trinajstić information content (AvgIpc) is 2.47. The Labute approximate surface area is 126 Å². The van der Waals surface area contributed by atoms with Gasteiger partial charge in [0.1, 0.15) is 0 Å². The van der Waals surface area contributed by atoms with Gasteiger partial charge in [0.15, 0.2) is 11.6 Å². The van der Waals surface area contributed by atoms with Gasteiger partial charge in [-0.3, -0.25) is 9.59 Å². The Morgan fingerprint density at radius 1 is 1.29 bits per heavy atom. The van der Waals surface area contributed by atoms with Crippen LogP contribution in [0.3, 0.4) is 0 Å². The summed E-state index contributed by atoms with van der Waals surface area (Å²) in [6.45, 7) is 7.01. The Bertz CT molecular complexity index is 560. The third-order valence-corrected chi connectivity index (χ3v) is 4.10. The minimum atomic E-state index is -0.147. The first-order chi connectivity index (χ1) is 10.1. The first kappa shape index (κ1) is 15.5. The Hall–Kier alpha value is -1.90. The molecule has 0 aliphatic carbocycles. The summed E-state index contributed by atoms with van der Waals surface area (Å²) in [5.41, 5.74) is 1.79. The Kier molecular flexibility index (Phi) is 4.94. The van der Waals surface area contributed by atoms with Crippen molar-refractivity contribution in [3.05, 3.63) is 47.2 Å². The molecule has 1 aliphatic heterocycles. The number of hydrogen-bond acceptors (Lipinski definition) is 3. The van der Waals surface area contributed by atoms with E-state index in [1.807, 2.05) is 25.1 Å². The molecule has 0 saturated carbocycles. The van der Waals surface area contributed by atoms with E-state index in [9.17, 15) is 9.59 Å². The van der Waals surface area contributed by atoms with Crippen molar-refractivity contribution < 1.29 is 9.59 Å². The summed E-state index contributed by atoms with van der Waals surface area (Å²) in [5.74, 6) is -0.173. The van der Waals surface area contributed by atoms with Crippen molar-refractivity contribution in [2.45, 2.75) is 46.1 Å². The largest absolute Gasteiger partial charge is 0.371 e. The van der Waals surface area contributed by atoms with Crippen LogP contribution in [0.1, 0.15) is 50.4 Å². The number of rotatable bonds is 5. The second kappa shape index (κ2) is 6.70. The number of carbonyl (C=O) groups is 2. The fourth-order valence-electron chi connectivity index (χ4n) is 2.90. The van der Waals surface area contributed by atoms with Gasteiger partial charge in [-0.25, -0.2) is 0 Å². The second-order valence-corrected chi connectivity index (χ2v) is 5.68. The van der Waals surface area contributed by atoms with Crippen molar-refractivity contribution in [3.8, 4) is 0 Å². The number of Topliss-reactive ketones (excluding diaryl/α,β-unsaturated/α-hetero) is 2. The molecule has 1 unspecified atom stereocenters. The molecular weight excluding hydrogens is 262 g/mol. The summed E-state index contributed by atoms with van der Waals surface area (Å²) in [6, 6.07) is 9.24. The summed E-state index contributed by atoms with van der Waals surface area (Å²) < 4.78 is 0. The standard InChI is InChI=1S/C18H23NO2/c1-4-5-11-19-13(2)12-16(20)17(14(19)3)18(21)15-9-7-6-8-10-15/h6-10,13H,4-5,11-12H2,1-3H3. The van der Waals surface area contributed by atoms with E-state index in [-0.39, 0.29) is 17.6 Å². The van der Waals surface area contributed by atoms with Crippen LogP contribution in [0.5, 0.6) is 0 Å². The lowest BCUT2D eigenvalue weighted by molar-refractivity contribution is -0.117. The van der Waals surface area contributed by atoms with Crippen LogP contribution in [-0.2, 0) is 4.79 Å². The van der Waals surface area contributed by atoms with Crippen molar-refractivity contribution in [3.63, 3.8) is 0 Å². The lowest BCUT2D eigenvalue weighted by atomic mass is 9.90. The normalized spacial score (nSPS) is 19.1. The predicted octanol–water partition coefficient (Wildman–Crippen LogP) is 3.61. The van der Waals surface area contributed by atoms with Gasteiger partial charge in [0.2, 0.25) is 0 Å². The highest BCUT2D eigenvalue weighted by Gasteiger charge is 2.32. The molecule has 21 heavy (non-hydrogen) atoms. The van der Waals surface area contributed by atoms with Gasteiger partial charge >= 0.3 is 0 Å². The maximum atomic E-state index is 12.6. The number of nitrogens with zero attached hydrogens (tertiary/aromatic N) is 1. The number of unbranched alkanes of at least 4 members (excludes halogenated alkanes) is 1. The zero-order valence-corrected chi connectivity index (χ0v) is 13.1. The zero-order valence-electron chi connectivity index (χ0n) is 13.1. The molecule has 0 aromatic heterocycles. The lowest BCUT2D eigenvalue weighted by Crippen LogP contribution is -2.41. The fraction of sp³-hybridized carbons (Fsp3) is 0.444. The molecule has 0 radical (unpaired) electrons. The second-order valence-electron chi connectivity index (χ2n) is 5.68. The number of ketones is 2. The Balaban J connectivity index is 2.36. The molecule has 112 valence electrons. The van der Waals surface area contributed by atoms with Gasteiger partial charge in [-0.1, -0.05) is 43.7 Å². The maximum absolute atomic E-state index is 12.6. The summed E-state index contributed by atoms with van der Waals surface area (Å²) >= 11 is 0. The van der Waals surface area contributed by atoms with E-state index in [4.69, 9.17) is 0 Å². The van der Waals surface area contributed by atoms with Crippen molar-refractivity contribution >= 4 is 11.6 Å². The molecule has 1 aliphatic rings. The first-order valence-corrected chi connectivity index (χ1v) is 7.66. The quantitative estimate of drug-likeness (QED) is 0.612. The average molecular weight is 285 g/mol. The Morgan fingerprint density at radius 2 is 1.95 bits per heavy atom. The van der Waals surface area contributed by atoms with Gasteiger partial charge in [-0.2, -0.15) is 0 Å². The van der Waals surface area contributed by atoms with E-state index >= 15 is 0 Å². The fourth-order valence-corrected chi connectivity index (χ4v) is 2.90. The summed E-state index contributed by atoms with van der Waals surface area (Å²) in [5, 5.41) is 0. The third-order valence-electron chi connectivity index (χ3n) is 4.10. The zero-order chi connectivity index (χ0) is 15.4. The topological polar surface area (TPSA) is 37.4 Å². The molecule has 2 rings (SSSR count). The molecule has 1 aromatic rings. The Morgan fingerprint density at radius 3 is 2.57 bits per heavy atom. The minimum Gasteiger partial charge on any atom is -0.371 e. The molecule has 1 heterocycles. The molecular formula is C18H23NO2. The van der Waals surface area contributed by atoms with Gasteiger partial charge in [0.25, 0.3) is 0 Å². The molecule has 3 heteroatoms. The monoisotopic (exact) mass is 285 g/mol. The van der Waals surface area contributed by atoms with Crippen LogP contribution in [0.15, 0.2) is 41.6 Å². The molecule has 0 fully saturated rings. The molecule has 0 spiro atoms. The molecule has 0 bridgehead atoms. The third kappa shape index (κ3) is 3.23. The highest BCUT2D eigenvalue weighted by atomic mass is 16.1. The van der Waals surface area contributed by atoms with E-state index in [0.717, 1.165) is 25.1 Å². The SMILES string of the molecule is CCCCN1C(C)=C(C(=O)c2ccccc2)C(=O)CC1C. The van der Waals surface area contributed by atoms with Gasteiger partial charge in [0.05, 0.1) is 5.57 Å². The summed E-state index contributed by atoms with van der Waals surface area (Å²) in [4.78, 5) is 27.2. The molecule has 3 nitrogen and oxygen atoms in total. The van der Waals surface area contributed by atoms with Gasteiger partial charge in [-0.05, 0) is 20.3 Å². The van der Waals surface area contributed by atoms with Crippen LogP contribution in [0.25, 0.3) is 0 Å². The highest BCUT2D eigenvalue weighted by molar-refractivity contribution is 6.27. The summed E-state index contributed by atoms with van der Waals surface area (Å²) in [7, 11) is 0. The number of hydrogen-bond donors (Lipinski definition) is 0. The lowest BCUT2D eigenvalue weighted by Gasteiger charge is -2.36. The van der Waals surface area contributed by atoms with Gasteiger partial charge in [-0.15, -0.1) is 0 Å². The summed E-state index contributed by atoms with van der Waals surface area (Å²) in [6.07, 6.45) is 2.60. The first-order valence-electron chi connectivity index (χ1n) is 7.66. The van der Waals surface area contributed by atoms with E-state index in [1.54, 1.807) is 12.1 Å². The van der Waals surface area contributed by atoms with E-state index in [2.05, 4.69) is 18.7 Å². The molecule has 0 N–H and O–H groups in total. The van der Waals surface area contributed by atoms with Crippen molar-refractivity contribution in [1.29, 1.82) is 0 Å². The molecule has 0 amide bonds. The molecule has 1 atom stereocenters. The molecule has 1 aromatic carbocycles. The van der Waals surface area contributed by atoms with Gasteiger partial charge in [0, 0.05) is 30.3 Å². The van der Waals surface area contributed by atoms with Crippen LogP contribution in [0.4, 0.5) is 0 Å². The van der Waals surface area contributed by atoms with Crippen LogP contribution < -0.4 is 0 Å².